The van der Waals surface area contributed by atoms with Gasteiger partial charge in [-0.05, 0) is 31.0 Å². The van der Waals surface area contributed by atoms with Crippen LogP contribution in [0.15, 0.2) is 11.8 Å². The van der Waals surface area contributed by atoms with Crippen molar-refractivity contribution in [2.75, 3.05) is 13.1 Å². The number of nitrogens with zero attached hydrogens (tertiary/aromatic N) is 2. The van der Waals surface area contributed by atoms with Crippen molar-refractivity contribution in [3.8, 4) is 6.07 Å². The third-order valence-electron chi connectivity index (χ3n) is 2.38. The number of rotatable bonds is 4. The molecule has 0 aromatic heterocycles. The van der Waals surface area contributed by atoms with Gasteiger partial charge >= 0.3 is 0 Å². The van der Waals surface area contributed by atoms with Crippen molar-refractivity contribution in [1.82, 2.24) is 4.90 Å². The summed E-state index contributed by atoms with van der Waals surface area (Å²) in [5.41, 5.74) is 1.30. The van der Waals surface area contributed by atoms with Crippen LogP contribution in [0, 0.1) is 11.3 Å². The number of nitriles is 1. The Kier molecular flexibility index (Phi) is 4.39. The molecule has 1 saturated heterocycles. The van der Waals surface area contributed by atoms with Gasteiger partial charge < -0.3 is 4.90 Å². The lowest BCUT2D eigenvalue weighted by atomic mass is 10.1. The Balaban J connectivity index is 2.46. The molecule has 1 aliphatic heterocycles. The molecule has 1 heterocycles. The van der Waals surface area contributed by atoms with Crippen molar-refractivity contribution < 1.29 is 0 Å². The molecule has 0 spiro atoms. The lowest BCUT2D eigenvalue weighted by Gasteiger charge is -2.13. The van der Waals surface area contributed by atoms with Gasteiger partial charge in [-0.2, -0.15) is 5.26 Å². The topological polar surface area (TPSA) is 27.0 Å². The van der Waals surface area contributed by atoms with Gasteiger partial charge in [0, 0.05) is 13.1 Å². The normalized spacial score (nSPS) is 17.5. The first-order valence-electron chi connectivity index (χ1n) is 5.17. The lowest BCUT2D eigenvalue weighted by Crippen LogP contribution is -2.11. The second-order valence-corrected chi connectivity index (χ2v) is 3.62. The molecule has 0 unspecified atom stereocenters. The van der Waals surface area contributed by atoms with Gasteiger partial charge in [-0.3, -0.25) is 0 Å². The molecule has 2 heteroatoms. The summed E-state index contributed by atoms with van der Waals surface area (Å²) in [6, 6.07) is 2.23. The van der Waals surface area contributed by atoms with E-state index in [1.165, 1.54) is 31.5 Å². The first kappa shape index (κ1) is 10.1. The molecule has 0 aliphatic carbocycles. The number of likely N-dealkylation sites (tertiary alicyclic amines) is 1. The van der Waals surface area contributed by atoms with Gasteiger partial charge in [-0.15, -0.1) is 0 Å². The second-order valence-electron chi connectivity index (χ2n) is 3.62. The van der Waals surface area contributed by atoms with Gasteiger partial charge in [-0.1, -0.05) is 13.3 Å². The monoisotopic (exact) mass is 178 g/mol. The molecule has 0 saturated carbocycles. The molecule has 0 amide bonds. The summed E-state index contributed by atoms with van der Waals surface area (Å²) in [6.45, 7) is 4.52. The Morgan fingerprint density at radius 3 is 2.69 bits per heavy atom. The van der Waals surface area contributed by atoms with E-state index < -0.39 is 0 Å². The van der Waals surface area contributed by atoms with Gasteiger partial charge in [0.2, 0.25) is 0 Å². The van der Waals surface area contributed by atoms with Crippen molar-refractivity contribution in [3.63, 3.8) is 0 Å². The van der Waals surface area contributed by atoms with Crippen molar-refractivity contribution in [1.29, 1.82) is 5.26 Å². The van der Waals surface area contributed by atoms with E-state index in [0.29, 0.717) is 6.42 Å². The zero-order chi connectivity index (χ0) is 9.52. The van der Waals surface area contributed by atoms with Gasteiger partial charge in [0.25, 0.3) is 0 Å². The summed E-state index contributed by atoms with van der Waals surface area (Å²) >= 11 is 0. The quantitative estimate of drug-likeness (QED) is 0.661. The number of allylic oxidation sites excluding steroid dienone is 1. The van der Waals surface area contributed by atoms with Crippen molar-refractivity contribution in [2.24, 2.45) is 0 Å². The minimum absolute atomic E-state index is 0.602. The summed E-state index contributed by atoms with van der Waals surface area (Å²) in [7, 11) is 0. The average Bonchev–Trinajstić information content (AvgIpc) is 2.58. The third kappa shape index (κ3) is 3.50. The molecule has 13 heavy (non-hydrogen) atoms. The summed E-state index contributed by atoms with van der Waals surface area (Å²) in [6.07, 6.45) is 7.64. The van der Waals surface area contributed by atoms with E-state index in [2.05, 4.69) is 24.1 Å². The van der Waals surface area contributed by atoms with Gasteiger partial charge in [0.05, 0.1) is 12.5 Å². The van der Waals surface area contributed by atoms with Crippen LogP contribution < -0.4 is 0 Å². The van der Waals surface area contributed by atoms with Crippen LogP contribution in [0.1, 0.15) is 39.0 Å². The zero-order valence-electron chi connectivity index (χ0n) is 8.42. The summed E-state index contributed by atoms with van der Waals surface area (Å²) in [5.74, 6) is 0. The van der Waals surface area contributed by atoms with Gasteiger partial charge in [-0.25, -0.2) is 0 Å². The Hall–Kier alpha value is -0.970. The Morgan fingerprint density at radius 2 is 2.15 bits per heavy atom. The molecule has 1 rings (SSSR count). The van der Waals surface area contributed by atoms with Crippen molar-refractivity contribution >= 4 is 0 Å². The van der Waals surface area contributed by atoms with Crippen molar-refractivity contribution in [2.45, 2.75) is 39.0 Å². The summed E-state index contributed by atoms with van der Waals surface area (Å²) in [5, 5.41) is 8.63. The van der Waals surface area contributed by atoms with E-state index in [4.69, 9.17) is 5.26 Å². The van der Waals surface area contributed by atoms with Crippen LogP contribution >= 0.6 is 0 Å². The highest BCUT2D eigenvalue weighted by atomic mass is 15.1. The predicted molar refractivity (Wildman–Crippen MR) is 54.0 cm³/mol. The van der Waals surface area contributed by atoms with Crippen LogP contribution in [0.2, 0.25) is 0 Å². The average molecular weight is 178 g/mol. The SMILES string of the molecule is CCC/C(=C\N1CCCC1)CC#N. The second kappa shape index (κ2) is 5.64. The van der Waals surface area contributed by atoms with Crippen LogP contribution in [0.25, 0.3) is 0 Å². The molecule has 0 atom stereocenters. The van der Waals surface area contributed by atoms with Crippen molar-refractivity contribution in [3.05, 3.63) is 11.8 Å². The Bertz CT molecular complexity index is 207. The van der Waals surface area contributed by atoms with E-state index >= 15 is 0 Å². The van der Waals surface area contributed by atoms with Crippen LogP contribution in [-0.4, -0.2) is 18.0 Å². The molecule has 1 aliphatic rings. The molecule has 1 fully saturated rings. The van der Waals surface area contributed by atoms with E-state index in [-0.39, 0.29) is 0 Å². The molecule has 0 N–H and O–H groups in total. The highest BCUT2D eigenvalue weighted by molar-refractivity contribution is 5.07. The summed E-state index contributed by atoms with van der Waals surface area (Å²) in [4.78, 5) is 2.35. The van der Waals surface area contributed by atoms with Crippen LogP contribution in [-0.2, 0) is 0 Å². The molecule has 72 valence electrons. The van der Waals surface area contributed by atoms with E-state index in [1.54, 1.807) is 0 Å². The van der Waals surface area contributed by atoms with E-state index in [0.717, 1.165) is 12.8 Å². The lowest BCUT2D eigenvalue weighted by molar-refractivity contribution is 0.461. The first-order chi connectivity index (χ1) is 6.36. The molecular weight excluding hydrogens is 160 g/mol. The minimum Gasteiger partial charge on any atom is -0.377 e. The highest BCUT2D eigenvalue weighted by Gasteiger charge is 2.08. The van der Waals surface area contributed by atoms with Crippen LogP contribution in [0.3, 0.4) is 0 Å². The smallest absolute Gasteiger partial charge is 0.0666 e. The van der Waals surface area contributed by atoms with Crippen LogP contribution in [0.5, 0.6) is 0 Å². The van der Waals surface area contributed by atoms with E-state index in [9.17, 15) is 0 Å². The predicted octanol–water partition coefficient (Wildman–Crippen LogP) is 2.68. The third-order valence-corrected chi connectivity index (χ3v) is 2.38. The largest absolute Gasteiger partial charge is 0.377 e. The Labute approximate surface area is 80.8 Å². The molecular formula is C11H18N2. The maximum Gasteiger partial charge on any atom is 0.0666 e. The first-order valence-corrected chi connectivity index (χ1v) is 5.17. The Morgan fingerprint density at radius 1 is 1.46 bits per heavy atom. The zero-order valence-corrected chi connectivity index (χ0v) is 8.42. The fourth-order valence-electron chi connectivity index (χ4n) is 1.75. The fraction of sp³-hybridized carbons (Fsp3) is 0.727. The molecule has 0 bridgehead atoms. The minimum atomic E-state index is 0.602. The van der Waals surface area contributed by atoms with Gasteiger partial charge in [0.15, 0.2) is 0 Å². The molecule has 0 aromatic rings. The van der Waals surface area contributed by atoms with Gasteiger partial charge in [0.1, 0.15) is 0 Å². The number of hydrogen-bond donors (Lipinski definition) is 0. The maximum absolute atomic E-state index is 8.63. The van der Waals surface area contributed by atoms with E-state index in [1.807, 2.05) is 0 Å². The molecule has 0 radical (unpaired) electrons. The maximum atomic E-state index is 8.63. The standard InChI is InChI=1S/C11H18N2/c1-2-5-11(6-7-12)10-13-8-3-4-9-13/h10H,2-6,8-9H2,1H3/b11-10+. The fourth-order valence-corrected chi connectivity index (χ4v) is 1.75. The summed E-state index contributed by atoms with van der Waals surface area (Å²) < 4.78 is 0. The van der Waals surface area contributed by atoms with Crippen LogP contribution in [0.4, 0.5) is 0 Å². The molecule has 0 aromatic carbocycles. The highest BCUT2D eigenvalue weighted by Crippen LogP contribution is 2.14. The number of hydrogen-bond acceptors (Lipinski definition) is 2. The molecule has 2 nitrogen and oxygen atoms in total.